The number of ether oxygens (including phenoxy) is 1. The molecule has 1 N–H and O–H groups in total. The predicted molar refractivity (Wildman–Crippen MR) is 68.9 cm³/mol. The summed E-state index contributed by atoms with van der Waals surface area (Å²) in [6, 6.07) is 0. The minimum Gasteiger partial charge on any atom is -0.392 e. The SMILES string of the molecule is OC1CCCCCC1c1nc(C2CCCOC2)no1. The fraction of sp³-hybridized carbons (Fsp3) is 0.857. The summed E-state index contributed by atoms with van der Waals surface area (Å²) in [6.07, 6.45) is 6.98. The van der Waals surface area contributed by atoms with Crippen LogP contribution in [0.2, 0.25) is 0 Å². The van der Waals surface area contributed by atoms with Gasteiger partial charge < -0.3 is 14.4 Å². The van der Waals surface area contributed by atoms with Gasteiger partial charge in [-0.2, -0.15) is 4.98 Å². The maximum absolute atomic E-state index is 10.2. The summed E-state index contributed by atoms with van der Waals surface area (Å²) >= 11 is 0. The fourth-order valence-corrected chi connectivity index (χ4v) is 3.08. The summed E-state index contributed by atoms with van der Waals surface area (Å²) < 4.78 is 10.9. The molecule has 0 radical (unpaired) electrons. The minimum absolute atomic E-state index is 0.0215. The first kappa shape index (κ1) is 13.1. The highest BCUT2D eigenvalue weighted by molar-refractivity contribution is 5.02. The van der Waals surface area contributed by atoms with E-state index in [1.165, 1.54) is 6.42 Å². The first-order valence-corrected chi connectivity index (χ1v) is 7.44. The van der Waals surface area contributed by atoms with Crippen molar-refractivity contribution in [1.29, 1.82) is 0 Å². The molecule has 0 amide bonds. The quantitative estimate of drug-likeness (QED) is 0.832. The lowest BCUT2D eigenvalue weighted by atomic mass is 9.97. The second kappa shape index (κ2) is 6.01. The molecule has 0 aromatic carbocycles. The highest BCUT2D eigenvalue weighted by atomic mass is 16.5. The smallest absolute Gasteiger partial charge is 0.232 e. The third kappa shape index (κ3) is 2.98. The molecule has 3 rings (SSSR count). The largest absolute Gasteiger partial charge is 0.392 e. The van der Waals surface area contributed by atoms with Crippen molar-refractivity contribution in [2.24, 2.45) is 0 Å². The van der Waals surface area contributed by atoms with Gasteiger partial charge in [-0.15, -0.1) is 0 Å². The minimum atomic E-state index is -0.335. The molecular formula is C14H22N2O3. The Morgan fingerprint density at radius 3 is 2.79 bits per heavy atom. The number of hydrogen-bond donors (Lipinski definition) is 1. The summed E-state index contributed by atoms with van der Waals surface area (Å²) in [6.45, 7) is 1.52. The summed E-state index contributed by atoms with van der Waals surface area (Å²) in [4.78, 5) is 4.53. The average molecular weight is 266 g/mol. The molecule has 2 heterocycles. The van der Waals surface area contributed by atoms with Crippen LogP contribution in [0.5, 0.6) is 0 Å². The van der Waals surface area contributed by atoms with Crippen LogP contribution < -0.4 is 0 Å². The monoisotopic (exact) mass is 266 g/mol. The molecule has 19 heavy (non-hydrogen) atoms. The Morgan fingerprint density at radius 1 is 1.05 bits per heavy atom. The lowest BCUT2D eigenvalue weighted by Crippen LogP contribution is -2.18. The highest BCUT2D eigenvalue weighted by Crippen LogP contribution is 2.32. The molecule has 1 aromatic rings. The van der Waals surface area contributed by atoms with Gasteiger partial charge >= 0.3 is 0 Å². The molecule has 3 unspecified atom stereocenters. The standard InChI is InChI=1S/C14H22N2O3/c17-12-7-3-1-2-6-11(12)14-15-13(16-19-14)10-5-4-8-18-9-10/h10-12,17H,1-9H2. The van der Waals surface area contributed by atoms with E-state index < -0.39 is 0 Å². The molecule has 5 nitrogen and oxygen atoms in total. The molecule has 106 valence electrons. The van der Waals surface area contributed by atoms with Crippen LogP contribution in [0.4, 0.5) is 0 Å². The van der Waals surface area contributed by atoms with Crippen LogP contribution in [0.3, 0.4) is 0 Å². The molecule has 2 aliphatic rings. The van der Waals surface area contributed by atoms with Gasteiger partial charge in [0.25, 0.3) is 0 Å². The van der Waals surface area contributed by atoms with Crippen LogP contribution >= 0.6 is 0 Å². The topological polar surface area (TPSA) is 68.4 Å². The number of aromatic nitrogens is 2. The van der Waals surface area contributed by atoms with E-state index in [9.17, 15) is 5.11 Å². The van der Waals surface area contributed by atoms with Crippen molar-refractivity contribution in [3.05, 3.63) is 11.7 Å². The van der Waals surface area contributed by atoms with E-state index in [1.54, 1.807) is 0 Å². The molecule has 1 aliphatic carbocycles. The van der Waals surface area contributed by atoms with Gasteiger partial charge in [-0.1, -0.05) is 24.4 Å². The Hall–Kier alpha value is -0.940. The fourth-order valence-electron chi connectivity index (χ4n) is 3.08. The predicted octanol–water partition coefficient (Wildman–Crippen LogP) is 2.37. The molecule has 1 aliphatic heterocycles. The number of aliphatic hydroxyl groups is 1. The van der Waals surface area contributed by atoms with Crippen LogP contribution in [-0.2, 0) is 4.74 Å². The second-order valence-electron chi connectivity index (χ2n) is 5.72. The van der Waals surface area contributed by atoms with Crippen molar-refractivity contribution in [1.82, 2.24) is 10.1 Å². The van der Waals surface area contributed by atoms with Crippen molar-refractivity contribution < 1.29 is 14.4 Å². The molecular weight excluding hydrogens is 244 g/mol. The van der Waals surface area contributed by atoms with Crippen molar-refractivity contribution in [2.45, 2.75) is 62.9 Å². The van der Waals surface area contributed by atoms with E-state index in [4.69, 9.17) is 9.26 Å². The van der Waals surface area contributed by atoms with E-state index in [0.717, 1.165) is 51.0 Å². The van der Waals surface area contributed by atoms with Gasteiger partial charge in [0, 0.05) is 12.5 Å². The molecule has 5 heteroatoms. The first-order chi connectivity index (χ1) is 9.34. The lowest BCUT2D eigenvalue weighted by molar-refractivity contribution is 0.0773. The van der Waals surface area contributed by atoms with E-state index >= 15 is 0 Å². The number of nitrogens with zero attached hydrogens (tertiary/aromatic N) is 2. The van der Waals surface area contributed by atoms with Gasteiger partial charge in [0.2, 0.25) is 5.89 Å². The first-order valence-electron chi connectivity index (χ1n) is 7.44. The van der Waals surface area contributed by atoms with Crippen LogP contribution in [0.25, 0.3) is 0 Å². The molecule has 1 saturated carbocycles. The van der Waals surface area contributed by atoms with Crippen molar-refractivity contribution in [3.63, 3.8) is 0 Å². The Labute approximate surface area is 113 Å². The molecule has 3 atom stereocenters. The number of rotatable bonds is 2. The Morgan fingerprint density at radius 2 is 1.95 bits per heavy atom. The molecule has 0 spiro atoms. The van der Waals surface area contributed by atoms with E-state index in [-0.39, 0.29) is 17.9 Å². The number of hydrogen-bond acceptors (Lipinski definition) is 5. The zero-order chi connectivity index (χ0) is 13.1. The van der Waals surface area contributed by atoms with Crippen molar-refractivity contribution in [3.8, 4) is 0 Å². The van der Waals surface area contributed by atoms with Crippen molar-refractivity contribution >= 4 is 0 Å². The van der Waals surface area contributed by atoms with Crippen LogP contribution in [0.1, 0.15) is 68.5 Å². The maximum Gasteiger partial charge on any atom is 0.232 e. The van der Waals surface area contributed by atoms with Gasteiger partial charge in [0.1, 0.15) is 0 Å². The zero-order valence-electron chi connectivity index (χ0n) is 11.3. The Kier molecular flexibility index (Phi) is 4.13. The van der Waals surface area contributed by atoms with E-state index in [2.05, 4.69) is 10.1 Å². The van der Waals surface area contributed by atoms with Crippen LogP contribution in [0, 0.1) is 0 Å². The maximum atomic E-state index is 10.2. The third-order valence-corrected chi connectivity index (χ3v) is 4.28. The van der Waals surface area contributed by atoms with E-state index in [1.807, 2.05) is 0 Å². The number of aliphatic hydroxyl groups excluding tert-OH is 1. The van der Waals surface area contributed by atoms with Crippen molar-refractivity contribution in [2.75, 3.05) is 13.2 Å². The molecule has 2 fully saturated rings. The van der Waals surface area contributed by atoms with Gasteiger partial charge in [0.05, 0.1) is 18.6 Å². The molecule has 1 aromatic heterocycles. The highest BCUT2D eigenvalue weighted by Gasteiger charge is 2.30. The summed E-state index contributed by atoms with van der Waals surface area (Å²) in [5, 5.41) is 14.3. The van der Waals surface area contributed by atoms with Crippen LogP contribution in [0.15, 0.2) is 4.52 Å². The summed E-state index contributed by atoms with van der Waals surface area (Å²) in [7, 11) is 0. The van der Waals surface area contributed by atoms with E-state index in [0.29, 0.717) is 12.5 Å². The second-order valence-corrected chi connectivity index (χ2v) is 5.72. The van der Waals surface area contributed by atoms with Gasteiger partial charge in [-0.05, 0) is 25.7 Å². The Balaban J connectivity index is 1.72. The van der Waals surface area contributed by atoms with Gasteiger partial charge in [-0.3, -0.25) is 0 Å². The van der Waals surface area contributed by atoms with Crippen LogP contribution in [-0.4, -0.2) is 34.6 Å². The third-order valence-electron chi connectivity index (χ3n) is 4.28. The molecule has 1 saturated heterocycles. The van der Waals surface area contributed by atoms with Gasteiger partial charge in [-0.25, -0.2) is 0 Å². The average Bonchev–Trinajstić information content (AvgIpc) is 2.83. The summed E-state index contributed by atoms with van der Waals surface area (Å²) in [5.41, 5.74) is 0. The zero-order valence-corrected chi connectivity index (χ0v) is 11.3. The lowest BCUT2D eigenvalue weighted by Gasteiger charge is -2.18. The summed E-state index contributed by atoms with van der Waals surface area (Å²) in [5.74, 6) is 1.66. The van der Waals surface area contributed by atoms with Gasteiger partial charge in [0.15, 0.2) is 5.82 Å². The normalized spacial score (nSPS) is 33.0. The molecule has 0 bridgehead atoms. The Bertz CT molecular complexity index is 401.